The SMILES string of the molecule is CC(C)(C)OC(=O)N1CCC(=Cc2cccc(Oc3ccc(C(=O)O)cn3)c2)CC1. The molecule has 0 atom stereocenters. The molecule has 30 heavy (non-hydrogen) atoms. The van der Waals surface area contributed by atoms with E-state index in [1.807, 2.05) is 45.0 Å². The van der Waals surface area contributed by atoms with Crippen LogP contribution in [0.5, 0.6) is 11.6 Å². The molecular weight excluding hydrogens is 384 g/mol. The number of carboxylic acids is 1. The maximum absolute atomic E-state index is 12.2. The molecule has 0 radical (unpaired) electrons. The second-order valence-corrected chi connectivity index (χ2v) is 8.13. The largest absolute Gasteiger partial charge is 0.478 e. The molecule has 1 fully saturated rings. The molecule has 1 N–H and O–H groups in total. The smallest absolute Gasteiger partial charge is 0.410 e. The van der Waals surface area contributed by atoms with Gasteiger partial charge in [0.15, 0.2) is 0 Å². The number of hydrogen-bond acceptors (Lipinski definition) is 5. The molecule has 1 aromatic heterocycles. The minimum Gasteiger partial charge on any atom is -0.478 e. The molecule has 7 heteroatoms. The average Bonchev–Trinajstić information content (AvgIpc) is 2.68. The van der Waals surface area contributed by atoms with Gasteiger partial charge in [0.25, 0.3) is 0 Å². The first-order valence-electron chi connectivity index (χ1n) is 9.84. The van der Waals surface area contributed by atoms with Gasteiger partial charge >= 0.3 is 12.1 Å². The standard InChI is InChI=1S/C23H26N2O5/c1-23(2,3)30-22(28)25-11-9-16(10-12-25)13-17-5-4-6-19(14-17)29-20-8-7-18(15-24-20)21(26)27/h4-8,13-15H,9-12H2,1-3H3,(H,26,27). The van der Waals surface area contributed by atoms with E-state index in [2.05, 4.69) is 11.1 Å². The van der Waals surface area contributed by atoms with Crippen LogP contribution in [0.4, 0.5) is 4.79 Å². The van der Waals surface area contributed by atoms with Gasteiger partial charge < -0.3 is 19.5 Å². The molecule has 1 aliphatic heterocycles. The van der Waals surface area contributed by atoms with Crippen LogP contribution in [0.1, 0.15) is 49.5 Å². The van der Waals surface area contributed by atoms with Gasteiger partial charge in [-0.2, -0.15) is 0 Å². The van der Waals surface area contributed by atoms with E-state index in [-0.39, 0.29) is 11.7 Å². The van der Waals surface area contributed by atoms with Gasteiger partial charge in [-0.05, 0) is 57.4 Å². The third kappa shape index (κ3) is 6.07. The van der Waals surface area contributed by atoms with Gasteiger partial charge in [-0.1, -0.05) is 23.8 Å². The maximum Gasteiger partial charge on any atom is 0.410 e. The van der Waals surface area contributed by atoms with Crippen molar-refractivity contribution in [3.05, 3.63) is 59.3 Å². The molecule has 1 saturated heterocycles. The molecular formula is C23H26N2O5. The predicted octanol–water partition coefficient (Wildman–Crippen LogP) is 4.99. The fourth-order valence-corrected chi connectivity index (χ4v) is 3.04. The number of ether oxygens (including phenoxy) is 2. The Hall–Kier alpha value is -3.35. The fraction of sp³-hybridized carbons (Fsp3) is 0.348. The van der Waals surface area contributed by atoms with Crippen molar-refractivity contribution in [3.63, 3.8) is 0 Å². The number of nitrogens with zero attached hydrogens (tertiary/aromatic N) is 2. The van der Waals surface area contributed by atoms with Gasteiger partial charge in [0.2, 0.25) is 5.88 Å². The normalized spacial score (nSPS) is 14.2. The molecule has 1 aromatic carbocycles. The van der Waals surface area contributed by atoms with Gasteiger partial charge in [0.1, 0.15) is 11.4 Å². The molecule has 0 aliphatic carbocycles. The summed E-state index contributed by atoms with van der Waals surface area (Å²) in [5.74, 6) is -0.0815. The van der Waals surface area contributed by atoms with Crippen LogP contribution in [0.2, 0.25) is 0 Å². The van der Waals surface area contributed by atoms with Crippen molar-refractivity contribution < 1.29 is 24.2 Å². The number of benzene rings is 1. The van der Waals surface area contributed by atoms with Crippen molar-refractivity contribution in [2.24, 2.45) is 0 Å². The highest BCUT2D eigenvalue weighted by atomic mass is 16.6. The summed E-state index contributed by atoms with van der Waals surface area (Å²) in [7, 11) is 0. The Morgan fingerprint density at radius 1 is 1.13 bits per heavy atom. The van der Waals surface area contributed by atoms with Crippen molar-refractivity contribution in [1.82, 2.24) is 9.88 Å². The maximum atomic E-state index is 12.2. The van der Waals surface area contributed by atoms with Crippen LogP contribution in [-0.4, -0.2) is 45.7 Å². The van der Waals surface area contributed by atoms with E-state index in [1.165, 1.54) is 23.9 Å². The highest BCUT2D eigenvalue weighted by Gasteiger charge is 2.24. The van der Waals surface area contributed by atoms with Gasteiger partial charge in [-0.25, -0.2) is 14.6 Å². The zero-order chi connectivity index (χ0) is 21.7. The Morgan fingerprint density at radius 3 is 2.47 bits per heavy atom. The molecule has 3 rings (SSSR count). The van der Waals surface area contributed by atoms with Crippen LogP contribution >= 0.6 is 0 Å². The average molecular weight is 410 g/mol. The zero-order valence-corrected chi connectivity index (χ0v) is 17.4. The van der Waals surface area contributed by atoms with Crippen LogP contribution in [0.3, 0.4) is 0 Å². The molecule has 0 bridgehead atoms. The lowest BCUT2D eigenvalue weighted by molar-refractivity contribution is 0.0236. The van der Waals surface area contributed by atoms with Crippen LogP contribution in [0.25, 0.3) is 6.08 Å². The third-order valence-corrected chi connectivity index (χ3v) is 4.49. The van der Waals surface area contributed by atoms with Crippen molar-refractivity contribution in [3.8, 4) is 11.6 Å². The fourth-order valence-electron chi connectivity index (χ4n) is 3.04. The molecule has 1 amide bonds. The van der Waals surface area contributed by atoms with E-state index >= 15 is 0 Å². The second-order valence-electron chi connectivity index (χ2n) is 8.13. The number of aromatic carboxylic acids is 1. The zero-order valence-electron chi connectivity index (χ0n) is 17.4. The number of pyridine rings is 1. The highest BCUT2D eigenvalue weighted by Crippen LogP contribution is 2.25. The Bertz CT molecular complexity index is 935. The quantitative estimate of drug-likeness (QED) is 0.764. The Labute approximate surface area is 175 Å². The monoisotopic (exact) mass is 410 g/mol. The van der Waals surface area contributed by atoms with E-state index in [4.69, 9.17) is 14.6 Å². The first kappa shape index (κ1) is 21.4. The summed E-state index contributed by atoms with van der Waals surface area (Å²) in [6.45, 7) is 6.87. The van der Waals surface area contributed by atoms with Crippen LogP contribution in [0.15, 0.2) is 48.2 Å². The van der Waals surface area contributed by atoms with Crippen molar-refractivity contribution in [2.75, 3.05) is 13.1 Å². The van der Waals surface area contributed by atoms with Gasteiger partial charge in [-0.15, -0.1) is 0 Å². The van der Waals surface area contributed by atoms with E-state index in [9.17, 15) is 9.59 Å². The molecule has 2 heterocycles. The summed E-state index contributed by atoms with van der Waals surface area (Å²) < 4.78 is 11.2. The Kier molecular flexibility index (Phi) is 6.40. The molecule has 0 unspecified atom stereocenters. The number of aromatic nitrogens is 1. The summed E-state index contributed by atoms with van der Waals surface area (Å²) in [6.07, 6.45) is 4.70. The Balaban J connectivity index is 1.60. The molecule has 0 spiro atoms. The number of carbonyl (C=O) groups is 2. The number of amides is 1. The van der Waals surface area contributed by atoms with E-state index in [0.29, 0.717) is 24.7 Å². The number of rotatable bonds is 4. The summed E-state index contributed by atoms with van der Waals surface area (Å²) in [6, 6.07) is 10.6. The number of hydrogen-bond donors (Lipinski definition) is 1. The molecule has 7 nitrogen and oxygen atoms in total. The topological polar surface area (TPSA) is 89.0 Å². The minimum absolute atomic E-state index is 0.110. The first-order chi connectivity index (χ1) is 14.2. The van der Waals surface area contributed by atoms with Crippen LogP contribution in [0, 0.1) is 0 Å². The lowest BCUT2D eigenvalue weighted by atomic mass is 10.0. The van der Waals surface area contributed by atoms with Crippen molar-refractivity contribution in [2.45, 2.75) is 39.2 Å². The van der Waals surface area contributed by atoms with Crippen LogP contribution in [-0.2, 0) is 4.74 Å². The summed E-state index contributed by atoms with van der Waals surface area (Å²) in [5, 5.41) is 8.94. The summed E-state index contributed by atoms with van der Waals surface area (Å²) in [5.41, 5.74) is 1.88. The van der Waals surface area contributed by atoms with Crippen molar-refractivity contribution >= 4 is 18.1 Å². The second kappa shape index (κ2) is 8.98. The number of likely N-dealkylation sites (tertiary alicyclic amines) is 1. The highest BCUT2D eigenvalue weighted by molar-refractivity contribution is 5.87. The lowest BCUT2D eigenvalue weighted by Gasteiger charge is -2.31. The molecule has 2 aromatic rings. The predicted molar refractivity (Wildman–Crippen MR) is 113 cm³/mol. The Morgan fingerprint density at radius 2 is 1.87 bits per heavy atom. The number of carbonyl (C=O) groups excluding carboxylic acids is 1. The number of piperidine rings is 1. The summed E-state index contributed by atoms with van der Waals surface area (Å²) in [4.78, 5) is 28.9. The molecule has 0 saturated carbocycles. The number of carboxylic acid groups (broad SMARTS) is 1. The van der Waals surface area contributed by atoms with Gasteiger partial charge in [-0.3, -0.25) is 0 Å². The lowest BCUT2D eigenvalue weighted by Crippen LogP contribution is -2.40. The molecule has 1 aliphatic rings. The van der Waals surface area contributed by atoms with Gasteiger partial charge in [0.05, 0.1) is 5.56 Å². The molecule has 158 valence electrons. The minimum atomic E-state index is -1.03. The van der Waals surface area contributed by atoms with E-state index < -0.39 is 11.6 Å². The van der Waals surface area contributed by atoms with E-state index in [0.717, 1.165) is 18.4 Å². The first-order valence-corrected chi connectivity index (χ1v) is 9.84. The third-order valence-electron chi connectivity index (χ3n) is 4.49. The van der Waals surface area contributed by atoms with Crippen LogP contribution < -0.4 is 4.74 Å². The van der Waals surface area contributed by atoms with Crippen molar-refractivity contribution in [1.29, 1.82) is 0 Å². The summed E-state index contributed by atoms with van der Waals surface area (Å²) >= 11 is 0. The van der Waals surface area contributed by atoms with Gasteiger partial charge in [0, 0.05) is 25.4 Å². The van der Waals surface area contributed by atoms with E-state index in [1.54, 1.807) is 4.90 Å².